The first-order valence-corrected chi connectivity index (χ1v) is 6.40. The lowest BCUT2D eigenvalue weighted by molar-refractivity contribution is 0.0701. The lowest BCUT2D eigenvalue weighted by Gasteiger charge is -2.01. The Kier molecular flexibility index (Phi) is 3.44. The standard InChI is InChI=1S/C11H9BrN2O2S/c1-6-9(10(15)16)17-11(13-6)14-8-4-2-3-7(12)5-8/h2-5H,1H3,(H,13,14)(H,15,16). The normalized spacial score (nSPS) is 10.2. The molecule has 0 saturated heterocycles. The predicted octanol–water partition coefficient (Wildman–Crippen LogP) is 3.66. The molecule has 0 saturated carbocycles. The molecule has 2 rings (SSSR count). The minimum absolute atomic E-state index is 0.266. The van der Waals surface area contributed by atoms with E-state index in [-0.39, 0.29) is 4.88 Å². The molecule has 0 bridgehead atoms. The molecular formula is C11H9BrN2O2S. The third-order valence-electron chi connectivity index (χ3n) is 2.07. The number of nitrogens with zero attached hydrogens (tertiary/aromatic N) is 1. The molecule has 0 aliphatic rings. The van der Waals surface area contributed by atoms with Gasteiger partial charge in [-0.15, -0.1) is 0 Å². The van der Waals surface area contributed by atoms with Gasteiger partial charge in [0.2, 0.25) is 0 Å². The number of halogens is 1. The van der Waals surface area contributed by atoms with E-state index in [0.29, 0.717) is 10.8 Å². The van der Waals surface area contributed by atoms with E-state index in [1.165, 1.54) is 0 Å². The van der Waals surface area contributed by atoms with Crippen LogP contribution in [0.25, 0.3) is 0 Å². The highest BCUT2D eigenvalue weighted by Crippen LogP contribution is 2.26. The number of nitrogens with one attached hydrogen (secondary N) is 1. The fourth-order valence-corrected chi connectivity index (χ4v) is 2.56. The average molecular weight is 313 g/mol. The lowest BCUT2D eigenvalue weighted by atomic mass is 10.3. The van der Waals surface area contributed by atoms with Crippen molar-refractivity contribution in [1.29, 1.82) is 0 Å². The summed E-state index contributed by atoms with van der Waals surface area (Å²) in [6.45, 7) is 1.69. The first-order chi connectivity index (χ1) is 8.06. The van der Waals surface area contributed by atoms with Gasteiger partial charge in [-0.1, -0.05) is 33.3 Å². The molecule has 0 radical (unpaired) electrons. The van der Waals surface area contributed by atoms with Gasteiger partial charge >= 0.3 is 5.97 Å². The second kappa shape index (κ2) is 4.85. The van der Waals surface area contributed by atoms with Gasteiger partial charge in [0.1, 0.15) is 4.88 Å². The molecule has 0 spiro atoms. The molecule has 1 aromatic heterocycles. The van der Waals surface area contributed by atoms with Gasteiger partial charge < -0.3 is 10.4 Å². The van der Waals surface area contributed by atoms with Crippen LogP contribution in [0.5, 0.6) is 0 Å². The predicted molar refractivity (Wildman–Crippen MR) is 71.2 cm³/mol. The molecule has 0 aliphatic carbocycles. The number of aryl methyl sites for hydroxylation is 1. The smallest absolute Gasteiger partial charge is 0.347 e. The van der Waals surface area contributed by atoms with E-state index in [9.17, 15) is 4.79 Å². The van der Waals surface area contributed by atoms with Gasteiger partial charge in [-0.3, -0.25) is 0 Å². The number of hydrogen-bond acceptors (Lipinski definition) is 4. The van der Waals surface area contributed by atoms with Crippen molar-refractivity contribution in [3.05, 3.63) is 39.3 Å². The summed E-state index contributed by atoms with van der Waals surface area (Å²) in [6.07, 6.45) is 0. The van der Waals surface area contributed by atoms with Crippen molar-refractivity contribution in [2.75, 3.05) is 5.32 Å². The summed E-state index contributed by atoms with van der Waals surface area (Å²) in [7, 11) is 0. The number of thiazole rings is 1. The average Bonchev–Trinajstić information content (AvgIpc) is 2.59. The van der Waals surface area contributed by atoms with Gasteiger partial charge in [0.25, 0.3) is 0 Å². The Bertz CT molecular complexity index is 568. The number of rotatable bonds is 3. The maximum absolute atomic E-state index is 10.9. The minimum Gasteiger partial charge on any atom is -0.477 e. The zero-order valence-electron chi connectivity index (χ0n) is 8.90. The van der Waals surface area contributed by atoms with Gasteiger partial charge in [0.05, 0.1) is 5.69 Å². The number of aromatic nitrogens is 1. The van der Waals surface area contributed by atoms with Crippen molar-refractivity contribution in [3.8, 4) is 0 Å². The molecule has 0 aliphatic heterocycles. The molecular weight excluding hydrogens is 304 g/mol. The Hall–Kier alpha value is -1.40. The molecule has 2 N–H and O–H groups in total. The molecule has 1 heterocycles. The lowest BCUT2D eigenvalue weighted by Crippen LogP contribution is -1.94. The van der Waals surface area contributed by atoms with Gasteiger partial charge in [-0.05, 0) is 25.1 Å². The summed E-state index contributed by atoms with van der Waals surface area (Å²) in [5, 5.41) is 12.6. The van der Waals surface area contributed by atoms with Crippen molar-refractivity contribution in [3.63, 3.8) is 0 Å². The topological polar surface area (TPSA) is 62.2 Å². The van der Waals surface area contributed by atoms with Crippen molar-refractivity contribution in [2.24, 2.45) is 0 Å². The van der Waals surface area contributed by atoms with Crippen LogP contribution in [0.15, 0.2) is 28.7 Å². The minimum atomic E-state index is -0.942. The van der Waals surface area contributed by atoms with Gasteiger partial charge in [0, 0.05) is 10.2 Å². The van der Waals surface area contributed by atoms with Crippen molar-refractivity contribution < 1.29 is 9.90 Å². The Labute approximate surface area is 110 Å². The van der Waals surface area contributed by atoms with Crippen LogP contribution < -0.4 is 5.32 Å². The number of carbonyl (C=O) groups is 1. The second-order valence-corrected chi connectivity index (χ2v) is 5.29. The second-order valence-electron chi connectivity index (χ2n) is 3.37. The Morgan fingerprint density at radius 2 is 2.29 bits per heavy atom. The van der Waals surface area contributed by atoms with Crippen LogP contribution in [0.1, 0.15) is 15.4 Å². The largest absolute Gasteiger partial charge is 0.477 e. The molecule has 88 valence electrons. The number of carboxylic acids is 1. The molecule has 0 fully saturated rings. The Morgan fingerprint density at radius 3 is 2.88 bits per heavy atom. The van der Waals surface area contributed by atoms with E-state index in [1.807, 2.05) is 24.3 Å². The number of benzene rings is 1. The first-order valence-electron chi connectivity index (χ1n) is 4.79. The van der Waals surface area contributed by atoms with Gasteiger partial charge in [-0.2, -0.15) is 0 Å². The van der Waals surface area contributed by atoms with Crippen LogP contribution in [0.2, 0.25) is 0 Å². The third-order valence-corrected chi connectivity index (χ3v) is 3.62. The number of anilines is 2. The van der Waals surface area contributed by atoms with Crippen LogP contribution >= 0.6 is 27.3 Å². The first kappa shape index (κ1) is 12.1. The summed E-state index contributed by atoms with van der Waals surface area (Å²) in [5.41, 5.74) is 1.39. The monoisotopic (exact) mass is 312 g/mol. The van der Waals surface area contributed by atoms with Gasteiger partial charge in [0.15, 0.2) is 5.13 Å². The van der Waals surface area contributed by atoms with E-state index in [0.717, 1.165) is 21.5 Å². The zero-order chi connectivity index (χ0) is 12.4. The molecule has 2 aromatic rings. The molecule has 0 unspecified atom stereocenters. The molecule has 1 aromatic carbocycles. The van der Waals surface area contributed by atoms with Crippen LogP contribution in [-0.2, 0) is 0 Å². The zero-order valence-corrected chi connectivity index (χ0v) is 11.3. The van der Waals surface area contributed by atoms with Crippen molar-refractivity contribution >= 4 is 44.1 Å². The number of aromatic carboxylic acids is 1. The van der Waals surface area contributed by atoms with Crippen LogP contribution in [-0.4, -0.2) is 16.1 Å². The maximum atomic E-state index is 10.9. The third kappa shape index (κ3) is 2.83. The SMILES string of the molecule is Cc1nc(Nc2cccc(Br)c2)sc1C(=O)O. The van der Waals surface area contributed by atoms with Crippen molar-refractivity contribution in [1.82, 2.24) is 4.98 Å². The Balaban J connectivity index is 2.25. The highest BCUT2D eigenvalue weighted by atomic mass is 79.9. The van der Waals surface area contributed by atoms with Crippen molar-refractivity contribution in [2.45, 2.75) is 6.92 Å². The number of carboxylic acid groups (broad SMARTS) is 1. The summed E-state index contributed by atoms with van der Waals surface area (Å²) < 4.78 is 0.953. The number of hydrogen-bond donors (Lipinski definition) is 2. The molecule has 17 heavy (non-hydrogen) atoms. The Morgan fingerprint density at radius 1 is 1.53 bits per heavy atom. The van der Waals surface area contributed by atoms with Crippen LogP contribution in [0.3, 0.4) is 0 Å². The molecule has 6 heteroatoms. The highest BCUT2D eigenvalue weighted by molar-refractivity contribution is 9.10. The van der Waals surface area contributed by atoms with E-state index in [1.54, 1.807) is 6.92 Å². The van der Waals surface area contributed by atoms with E-state index in [4.69, 9.17) is 5.11 Å². The van der Waals surface area contributed by atoms with Crippen LogP contribution in [0, 0.1) is 6.92 Å². The highest BCUT2D eigenvalue weighted by Gasteiger charge is 2.13. The fraction of sp³-hybridized carbons (Fsp3) is 0.0909. The van der Waals surface area contributed by atoms with Gasteiger partial charge in [-0.25, -0.2) is 9.78 Å². The summed E-state index contributed by atoms with van der Waals surface area (Å²) >= 11 is 4.50. The van der Waals surface area contributed by atoms with Crippen LogP contribution in [0.4, 0.5) is 10.8 Å². The van der Waals surface area contributed by atoms with E-state index >= 15 is 0 Å². The fourth-order valence-electron chi connectivity index (χ4n) is 1.34. The summed E-state index contributed by atoms with van der Waals surface area (Å²) in [6, 6.07) is 7.60. The maximum Gasteiger partial charge on any atom is 0.347 e. The van der Waals surface area contributed by atoms with E-state index < -0.39 is 5.97 Å². The summed E-state index contributed by atoms with van der Waals surface area (Å²) in [5.74, 6) is -0.942. The molecule has 0 amide bonds. The quantitative estimate of drug-likeness (QED) is 0.908. The molecule has 4 nitrogen and oxygen atoms in total. The summed E-state index contributed by atoms with van der Waals surface area (Å²) in [4.78, 5) is 15.3. The molecule has 0 atom stereocenters. The van der Waals surface area contributed by atoms with E-state index in [2.05, 4.69) is 26.2 Å².